The van der Waals surface area contributed by atoms with Gasteiger partial charge in [0.15, 0.2) is 5.82 Å². The molecule has 2 aromatic carbocycles. The summed E-state index contributed by atoms with van der Waals surface area (Å²) < 4.78 is 4.67. The van der Waals surface area contributed by atoms with E-state index in [-0.39, 0.29) is 19.4 Å². The Kier molecular flexibility index (Phi) is 8.83. The van der Waals surface area contributed by atoms with E-state index in [0.717, 1.165) is 18.2 Å². The fourth-order valence-corrected chi connectivity index (χ4v) is 3.90. The van der Waals surface area contributed by atoms with Gasteiger partial charge in [-0.3, -0.25) is 19.5 Å². The van der Waals surface area contributed by atoms with Gasteiger partial charge in [0.25, 0.3) is 0 Å². The second-order valence-electron chi connectivity index (χ2n) is 8.53. The molecule has 7 N–H and O–H groups in total. The van der Waals surface area contributed by atoms with Gasteiger partial charge in [-0.1, -0.05) is 18.2 Å². The maximum atomic E-state index is 13.4. The van der Waals surface area contributed by atoms with Gasteiger partial charge in [-0.25, -0.2) is 4.79 Å². The number of alkyl carbamates (subject to hydrolysis) is 1. The summed E-state index contributed by atoms with van der Waals surface area (Å²) in [5, 5.41) is 33.5. The number of H-pyrrole nitrogens is 1. The normalized spacial score (nSPS) is 12.1. The van der Waals surface area contributed by atoms with Crippen molar-refractivity contribution in [3.63, 3.8) is 0 Å². The van der Waals surface area contributed by atoms with Crippen LogP contribution in [0.3, 0.4) is 0 Å². The van der Waals surface area contributed by atoms with Gasteiger partial charge in [0.1, 0.15) is 5.54 Å². The SMILES string of the molecule is COC(=O)NC(CCC(=O)O)(Cc1cccc(C#N)c1)C(=O)NCC(=O)NCc1ccc2[nH]nc(N)c2c1. The van der Waals surface area contributed by atoms with Crippen LogP contribution in [-0.2, 0) is 32.1 Å². The lowest BCUT2D eigenvalue weighted by atomic mass is 9.84. The van der Waals surface area contributed by atoms with E-state index in [2.05, 4.69) is 30.9 Å². The number of rotatable bonds is 11. The molecule has 0 aliphatic carbocycles. The van der Waals surface area contributed by atoms with Gasteiger partial charge in [0.05, 0.1) is 30.8 Å². The molecular formula is C25H27N7O6. The number of nitrogens with zero attached hydrogens (tertiary/aromatic N) is 2. The monoisotopic (exact) mass is 521 g/mol. The first-order valence-corrected chi connectivity index (χ1v) is 11.5. The van der Waals surface area contributed by atoms with Crippen LogP contribution in [0.2, 0.25) is 0 Å². The van der Waals surface area contributed by atoms with Crippen molar-refractivity contribution in [3.8, 4) is 6.07 Å². The first-order valence-electron chi connectivity index (χ1n) is 11.5. The van der Waals surface area contributed by atoms with E-state index in [1.807, 2.05) is 6.07 Å². The van der Waals surface area contributed by atoms with E-state index in [0.29, 0.717) is 22.3 Å². The standard InChI is InChI=1S/C25H27N7O6/c1-38-24(37)30-25(8-7-21(34)35,11-15-3-2-4-16(9-15)12-26)23(36)29-14-20(33)28-13-17-5-6-19-18(10-17)22(27)32-31-19/h2-6,9-10H,7-8,11,13-14H2,1H3,(H,28,33)(H,29,36)(H,30,37)(H,34,35)(H3,27,31,32). The number of amides is 3. The number of methoxy groups -OCH3 is 1. The number of benzene rings is 2. The van der Waals surface area contributed by atoms with Gasteiger partial charge in [0, 0.05) is 24.8 Å². The molecule has 0 radical (unpaired) electrons. The predicted molar refractivity (Wildman–Crippen MR) is 135 cm³/mol. The summed E-state index contributed by atoms with van der Waals surface area (Å²) in [5.41, 5.74) is 6.37. The van der Waals surface area contributed by atoms with Crippen LogP contribution in [-0.4, -0.2) is 58.4 Å². The summed E-state index contributed by atoms with van der Waals surface area (Å²) in [5.74, 6) is -2.16. The number of carboxylic acid groups (broad SMARTS) is 1. The lowest BCUT2D eigenvalue weighted by Crippen LogP contribution is -2.61. The van der Waals surface area contributed by atoms with Crippen molar-refractivity contribution < 1.29 is 29.0 Å². The number of hydrogen-bond donors (Lipinski definition) is 6. The molecule has 38 heavy (non-hydrogen) atoms. The van der Waals surface area contributed by atoms with Gasteiger partial charge in [-0.05, 0) is 41.8 Å². The molecule has 3 aromatic rings. The summed E-state index contributed by atoms with van der Waals surface area (Å²) in [6.07, 6.45) is -1.86. The Hall–Kier alpha value is -5.12. The average molecular weight is 522 g/mol. The number of nitrogen functional groups attached to an aromatic ring is 1. The second kappa shape index (κ2) is 12.2. The number of carbonyl (C=O) groups excluding carboxylic acids is 3. The molecule has 3 rings (SSSR count). The highest BCUT2D eigenvalue weighted by molar-refractivity contribution is 5.93. The minimum atomic E-state index is -1.77. The van der Waals surface area contributed by atoms with Crippen molar-refractivity contribution >= 4 is 40.6 Å². The number of aromatic amines is 1. The van der Waals surface area contributed by atoms with E-state index in [9.17, 15) is 29.5 Å². The number of aliphatic carboxylic acids is 1. The molecule has 198 valence electrons. The third-order valence-corrected chi connectivity index (χ3v) is 5.84. The molecule has 0 aliphatic heterocycles. The van der Waals surface area contributed by atoms with E-state index >= 15 is 0 Å². The van der Waals surface area contributed by atoms with Crippen molar-refractivity contribution in [3.05, 3.63) is 59.2 Å². The third-order valence-electron chi connectivity index (χ3n) is 5.84. The number of carboxylic acids is 1. The van der Waals surface area contributed by atoms with Crippen molar-refractivity contribution in [2.24, 2.45) is 0 Å². The van der Waals surface area contributed by atoms with Crippen LogP contribution in [0.1, 0.15) is 29.5 Å². The second-order valence-corrected chi connectivity index (χ2v) is 8.53. The molecular weight excluding hydrogens is 494 g/mol. The number of aromatic nitrogens is 2. The highest BCUT2D eigenvalue weighted by Gasteiger charge is 2.41. The molecule has 0 aliphatic rings. The number of anilines is 1. The van der Waals surface area contributed by atoms with Gasteiger partial charge >= 0.3 is 12.1 Å². The predicted octanol–water partition coefficient (Wildman–Crippen LogP) is 0.951. The van der Waals surface area contributed by atoms with Crippen LogP contribution in [0, 0.1) is 11.3 Å². The lowest BCUT2D eigenvalue weighted by molar-refractivity contribution is -0.138. The van der Waals surface area contributed by atoms with Crippen LogP contribution in [0.5, 0.6) is 0 Å². The smallest absolute Gasteiger partial charge is 0.407 e. The molecule has 0 saturated heterocycles. The Morgan fingerprint density at radius 3 is 2.66 bits per heavy atom. The van der Waals surface area contributed by atoms with Crippen LogP contribution < -0.4 is 21.7 Å². The number of nitriles is 1. The minimum Gasteiger partial charge on any atom is -0.481 e. The molecule has 0 fully saturated rings. The Morgan fingerprint density at radius 2 is 1.95 bits per heavy atom. The fourth-order valence-electron chi connectivity index (χ4n) is 3.90. The largest absolute Gasteiger partial charge is 0.481 e. The highest BCUT2D eigenvalue weighted by Crippen LogP contribution is 2.22. The molecule has 1 unspecified atom stereocenters. The lowest BCUT2D eigenvalue weighted by Gasteiger charge is -2.32. The maximum absolute atomic E-state index is 13.4. The number of nitrogens with one attached hydrogen (secondary N) is 4. The average Bonchev–Trinajstić information content (AvgIpc) is 3.28. The first kappa shape index (κ1) is 27.5. The van der Waals surface area contributed by atoms with Gasteiger partial charge in [-0.2, -0.15) is 10.4 Å². The van der Waals surface area contributed by atoms with E-state index < -0.39 is 42.4 Å². The summed E-state index contributed by atoms with van der Waals surface area (Å²) in [6.45, 7) is -0.286. The zero-order valence-electron chi connectivity index (χ0n) is 20.5. The van der Waals surface area contributed by atoms with Crippen LogP contribution >= 0.6 is 0 Å². The van der Waals surface area contributed by atoms with E-state index in [1.54, 1.807) is 36.4 Å². The Balaban J connectivity index is 1.74. The molecule has 0 saturated carbocycles. The zero-order valence-corrected chi connectivity index (χ0v) is 20.5. The molecule has 0 spiro atoms. The summed E-state index contributed by atoms with van der Waals surface area (Å²) >= 11 is 0. The van der Waals surface area contributed by atoms with Gasteiger partial charge < -0.3 is 31.5 Å². The van der Waals surface area contributed by atoms with Gasteiger partial charge in [0.2, 0.25) is 11.8 Å². The van der Waals surface area contributed by atoms with Crippen molar-refractivity contribution in [1.82, 2.24) is 26.1 Å². The number of nitrogens with two attached hydrogens (primary N) is 1. The molecule has 13 heteroatoms. The summed E-state index contributed by atoms with van der Waals surface area (Å²) in [6, 6.07) is 13.7. The molecule has 13 nitrogen and oxygen atoms in total. The first-order chi connectivity index (χ1) is 18.2. The minimum absolute atomic E-state index is 0.148. The van der Waals surface area contributed by atoms with E-state index in [4.69, 9.17) is 5.73 Å². The van der Waals surface area contributed by atoms with Crippen molar-refractivity contribution in [1.29, 1.82) is 5.26 Å². The molecule has 1 atom stereocenters. The Bertz CT molecular complexity index is 1400. The van der Waals surface area contributed by atoms with Crippen LogP contribution in [0.25, 0.3) is 10.9 Å². The molecule has 3 amide bonds. The van der Waals surface area contributed by atoms with E-state index in [1.165, 1.54) is 6.07 Å². The van der Waals surface area contributed by atoms with Gasteiger partial charge in [-0.15, -0.1) is 0 Å². The van der Waals surface area contributed by atoms with Crippen molar-refractivity contribution in [2.75, 3.05) is 19.4 Å². The third kappa shape index (κ3) is 6.97. The summed E-state index contributed by atoms with van der Waals surface area (Å²) in [7, 11) is 1.10. The highest BCUT2D eigenvalue weighted by atomic mass is 16.5. The quantitative estimate of drug-likeness (QED) is 0.212. The zero-order chi connectivity index (χ0) is 27.7. The number of ether oxygens (including phenoxy) is 1. The summed E-state index contributed by atoms with van der Waals surface area (Å²) in [4.78, 5) is 49.4. The number of hydrogen-bond acceptors (Lipinski definition) is 8. The maximum Gasteiger partial charge on any atom is 0.407 e. The number of fused-ring (bicyclic) bond motifs is 1. The Labute approximate surface area is 217 Å². The molecule has 1 heterocycles. The van der Waals surface area contributed by atoms with Crippen LogP contribution in [0.4, 0.5) is 10.6 Å². The number of carbonyl (C=O) groups is 4. The van der Waals surface area contributed by atoms with Crippen LogP contribution in [0.15, 0.2) is 42.5 Å². The molecule has 1 aromatic heterocycles. The Morgan fingerprint density at radius 1 is 1.16 bits per heavy atom. The topological polar surface area (TPSA) is 212 Å². The van der Waals surface area contributed by atoms with Crippen molar-refractivity contribution in [2.45, 2.75) is 31.3 Å². The molecule has 0 bridgehead atoms. The fraction of sp³-hybridized carbons (Fsp3) is 0.280.